The fourth-order valence-electron chi connectivity index (χ4n) is 1.83. The molecule has 2 N–H and O–H groups in total. The molecule has 0 saturated carbocycles. The van der Waals surface area contributed by atoms with Gasteiger partial charge >= 0.3 is 0 Å². The van der Waals surface area contributed by atoms with Crippen molar-refractivity contribution in [2.75, 3.05) is 0 Å². The number of hydrogen-bond acceptors (Lipinski definition) is 2. The highest BCUT2D eigenvalue weighted by Crippen LogP contribution is 2.39. The van der Waals surface area contributed by atoms with E-state index in [4.69, 9.17) is 28.9 Å². The molecule has 106 valence electrons. The minimum atomic E-state index is 0.0237. The van der Waals surface area contributed by atoms with Crippen molar-refractivity contribution in [1.29, 1.82) is 0 Å². The number of benzene rings is 2. The van der Waals surface area contributed by atoms with E-state index >= 15 is 0 Å². The first-order chi connectivity index (χ1) is 9.47. The van der Waals surface area contributed by atoms with Gasteiger partial charge in [0.15, 0.2) is 0 Å². The molecule has 5 heteroatoms. The van der Waals surface area contributed by atoms with Crippen molar-refractivity contribution >= 4 is 50.9 Å². The van der Waals surface area contributed by atoms with Crippen LogP contribution >= 0.6 is 50.9 Å². The molecule has 2 rings (SSSR count). The van der Waals surface area contributed by atoms with Gasteiger partial charge in [-0.15, -0.1) is 11.8 Å². The number of hydrogen-bond donors (Lipinski definition) is 1. The maximum absolute atomic E-state index is 6.13. The largest absolute Gasteiger partial charge is 0.327 e. The third-order valence-electron chi connectivity index (χ3n) is 2.83. The van der Waals surface area contributed by atoms with Gasteiger partial charge in [-0.2, -0.15) is 0 Å². The van der Waals surface area contributed by atoms with Crippen LogP contribution in [0.2, 0.25) is 10.0 Å². The van der Waals surface area contributed by atoms with Gasteiger partial charge in [-0.05, 0) is 42.8 Å². The summed E-state index contributed by atoms with van der Waals surface area (Å²) in [5.74, 6) is 0. The van der Waals surface area contributed by atoms with Gasteiger partial charge in [-0.25, -0.2) is 0 Å². The van der Waals surface area contributed by atoms with Crippen LogP contribution in [0.3, 0.4) is 0 Å². The molecule has 0 fully saturated rings. The minimum Gasteiger partial charge on any atom is -0.327 e. The Balaban J connectivity index is 2.25. The van der Waals surface area contributed by atoms with Crippen LogP contribution in [-0.4, -0.2) is 6.04 Å². The Morgan fingerprint density at radius 3 is 2.25 bits per heavy atom. The molecule has 2 aromatic rings. The molecule has 0 radical (unpaired) electrons. The molecule has 20 heavy (non-hydrogen) atoms. The van der Waals surface area contributed by atoms with Gasteiger partial charge < -0.3 is 5.73 Å². The van der Waals surface area contributed by atoms with Crippen LogP contribution in [0.1, 0.15) is 17.7 Å². The van der Waals surface area contributed by atoms with Crippen molar-refractivity contribution in [1.82, 2.24) is 0 Å². The Bertz CT molecular complexity index is 587. The zero-order chi connectivity index (χ0) is 14.7. The summed E-state index contributed by atoms with van der Waals surface area (Å²) in [7, 11) is 0. The van der Waals surface area contributed by atoms with Crippen molar-refractivity contribution in [3.8, 4) is 0 Å². The van der Waals surface area contributed by atoms with Gasteiger partial charge in [-0.1, -0.05) is 51.3 Å². The van der Waals surface area contributed by atoms with Gasteiger partial charge in [0.2, 0.25) is 0 Å². The van der Waals surface area contributed by atoms with Crippen molar-refractivity contribution in [2.45, 2.75) is 23.1 Å². The fourth-order valence-corrected chi connectivity index (χ4v) is 3.59. The lowest BCUT2D eigenvalue weighted by atomic mass is 10.1. The van der Waals surface area contributed by atoms with Gasteiger partial charge in [0.25, 0.3) is 0 Å². The standard InChI is InChI=1S/C15H14BrCl2NS/c1-9(19)15(10-2-4-11(16)5-3-10)20-12-6-7-13(17)14(18)8-12/h2-9,15H,19H2,1H3. The van der Waals surface area contributed by atoms with Crippen molar-refractivity contribution in [3.63, 3.8) is 0 Å². The highest BCUT2D eigenvalue weighted by molar-refractivity contribution is 9.10. The first kappa shape index (κ1) is 16.2. The molecule has 2 unspecified atom stereocenters. The molecule has 2 atom stereocenters. The molecule has 0 aromatic heterocycles. The van der Waals surface area contributed by atoms with Gasteiger partial charge in [0, 0.05) is 20.7 Å². The second-order valence-electron chi connectivity index (χ2n) is 4.53. The van der Waals surface area contributed by atoms with E-state index in [1.165, 1.54) is 5.56 Å². The average molecular weight is 391 g/mol. The monoisotopic (exact) mass is 389 g/mol. The third kappa shape index (κ3) is 4.15. The number of thioether (sulfide) groups is 1. The van der Waals surface area contributed by atoms with Crippen LogP contribution < -0.4 is 5.73 Å². The summed E-state index contributed by atoms with van der Waals surface area (Å²) in [4.78, 5) is 1.06. The molecule has 1 nitrogen and oxygen atoms in total. The Morgan fingerprint density at radius 2 is 1.70 bits per heavy atom. The molecule has 0 aliphatic carbocycles. The minimum absolute atomic E-state index is 0.0237. The van der Waals surface area contributed by atoms with E-state index < -0.39 is 0 Å². The number of halogens is 3. The predicted octanol–water partition coefficient (Wildman–Crippen LogP) is 5.94. The molecule has 0 heterocycles. The summed E-state index contributed by atoms with van der Waals surface area (Å²) in [6.07, 6.45) is 0. The van der Waals surface area contributed by atoms with Gasteiger partial charge in [0.05, 0.1) is 10.0 Å². The van der Waals surface area contributed by atoms with E-state index in [-0.39, 0.29) is 11.3 Å². The molecule has 0 aliphatic rings. The number of nitrogens with two attached hydrogens (primary N) is 1. The lowest BCUT2D eigenvalue weighted by Crippen LogP contribution is -2.22. The quantitative estimate of drug-likeness (QED) is 0.654. The predicted molar refractivity (Wildman–Crippen MR) is 92.9 cm³/mol. The van der Waals surface area contributed by atoms with E-state index in [1.54, 1.807) is 11.8 Å². The molecular formula is C15H14BrCl2NS. The second kappa shape index (κ2) is 7.19. The smallest absolute Gasteiger partial charge is 0.0603 e. The van der Waals surface area contributed by atoms with Crippen LogP contribution in [-0.2, 0) is 0 Å². The van der Waals surface area contributed by atoms with Crippen LogP contribution in [0, 0.1) is 0 Å². The average Bonchev–Trinajstić information content (AvgIpc) is 2.41. The van der Waals surface area contributed by atoms with Crippen molar-refractivity contribution < 1.29 is 0 Å². The molecular weight excluding hydrogens is 377 g/mol. The SMILES string of the molecule is CC(N)C(Sc1ccc(Cl)c(Cl)c1)c1ccc(Br)cc1. The lowest BCUT2D eigenvalue weighted by Gasteiger charge is -2.21. The zero-order valence-electron chi connectivity index (χ0n) is 10.8. The van der Waals surface area contributed by atoms with Crippen LogP contribution in [0.5, 0.6) is 0 Å². The Hall–Kier alpha value is -0.190. The molecule has 0 bridgehead atoms. The van der Waals surface area contributed by atoms with E-state index in [2.05, 4.69) is 28.1 Å². The van der Waals surface area contributed by atoms with Crippen molar-refractivity contribution in [2.24, 2.45) is 5.73 Å². The Labute approximate surface area is 142 Å². The maximum atomic E-state index is 6.13. The topological polar surface area (TPSA) is 26.0 Å². The summed E-state index contributed by atoms with van der Waals surface area (Å²) in [5, 5.41) is 1.30. The number of rotatable bonds is 4. The van der Waals surface area contributed by atoms with E-state index in [0.717, 1.165) is 9.37 Å². The third-order valence-corrected chi connectivity index (χ3v) is 5.58. The first-order valence-corrected chi connectivity index (χ1v) is 8.53. The second-order valence-corrected chi connectivity index (χ2v) is 7.47. The van der Waals surface area contributed by atoms with Crippen LogP contribution in [0.15, 0.2) is 51.8 Å². The van der Waals surface area contributed by atoms with E-state index in [9.17, 15) is 0 Å². The normalized spacial score (nSPS) is 14.1. The summed E-state index contributed by atoms with van der Waals surface area (Å²) < 4.78 is 1.06. The van der Waals surface area contributed by atoms with E-state index in [0.29, 0.717) is 10.0 Å². The molecule has 2 aromatic carbocycles. The Kier molecular flexibility index (Phi) is 5.82. The summed E-state index contributed by atoms with van der Waals surface area (Å²) in [5.41, 5.74) is 7.32. The highest BCUT2D eigenvalue weighted by atomic mass is 79.9. The first-order valence-electron chi connectivity index (χ1n) is 6.10. The maximum Gasteiger partial charge on any atom is 0.0603 e. The Morgan fingerprint density at radius 1 is 1.05 bits per heavy atom. The zero-order valence-corrected chi connectivity index (χ0v) is 14.7. The summed E-state index contributed by atoms with van der Waals surface area (Å²) >= 11 is 17.1. The highest BCUT2D eigenvalue weighted by Gasteiger charge is 2.18. The lowest BCUT2D eigenvalue weighted by molar-refractivity contribution is 0.721. The van der Waals surface area contributed by atoms with Crippen LogP contribution in [0.25, 0.3) is 0 Å². The molecule has 0 spiro atoms. The van der Waals surface area contributed by atoms with Crippen molar-refractivity contribution in [3.05, 3.63) is 62.5 Å². The van der Waals surface area contributed by atoms with Crippen LogP contribution in [0.4, 0.5) is 0 Å². The molecule has 0 saturated heterocycles. The summed E-state index contributed by atoms with van der Waals surface area (Å²) in [6.45, 7) is 2.01. The molecule has 0 aliphatic heterocycles. The fraction of sp³-hybridized carbons (Fsp3) is 0.200. The molecule has 0 amide bonds. The van der Waals surface area contributed by atoms with Gasteiger partial charge in [0.1, 0.15) is 0 Å². The van der Waals surface area contributed by atoms with E-state index in [1.807, 2.05) is 37.3 Å². The summed E-state index contributed by atoms with van der Waals surface area (Å²) in [6, 6.07) is 13.9. The van der Waals surface area contributed by atoms with Gasteiger partial charge in [-0.3, -0.25) is 0 Å².